The van der Waals surface area contributed by atoms with Crippen LogP contribution >= 0.6 is 31.9 Å². The van der Waals surface area contributed by atoms with Gasteiger partial charge in [0, 0.05) is 17.6 Å². The van der Waals surface area contributed by atoms with Gasteiger partial charge >= 0.3 is 0 Å². The summed E-state index contributed by atoms with van der Waals surface area (Å²) in [7, 11) is 0. The minimum absolute atomic E-state index is 1.03. The Morgan fingerprint density at radius 1 is 1.21 bits per heavy atom. The molecular weight excluding hydrogens is 308 g/mol. The van der Waals surface area contributed by atoms with Crippen LogP contribution in [0.1, 0.15) is 30.7 Å². The van der Waals surface area contributed by atoms with Crippen molar-refractivity contribution >= 4 is 31.9 Å². The van der Waals surface area contributed by atoms with Gasteiger partial charge in [0.05, 0.1) is 10.2 Å². The first-order valence-electron chi connectivity index (χ1n) is 4.92. The topological polar surface area (TPSA) is 17.8 Å². The Hall–Kier alpha value is 0.170. The molecule has 0 fully saturated rings. The number of nitrogens with zero attached hydrogens (tertiary/aromatic N) is 2. The van der Waals surface area contributed by atoms with Crippen molar-refractivity contribution in [2.75, 3.05) is 5.33 Å². The summed E-state index contributed by atoms with van der Waals surface area (Å²) in [6.07, 6.45) is 3.72. The van der Waals surface area contributed by atoms with Gasteiger partial charge in [-0.15, -0.1) is 0 Å². The van der Waals surface area contributed by atoms with E-state index in [-0.39, 0.29) is 0 Å². The van der Waals surface area contributed by atoms with Crippen LogP contribution in [0.4, 0.5) is 0 Å². The van der Waals surface area contributed by atoms with Gasteiger partial charge in [-0.05, 0) is 42.6 Å². The second-order valence-electron chi connectivity index (χ2n) is 3.46. The van der Waals surface area contributed by atoms with E-state index in [0.717, 1.165) is 22.0 Å². The number of hydrogen-bond donors (Lipinski definition) is 0. The van der Waals surface area contributed by atoms with Crippen LogP contribution in [-0.2, 0) is 6.54 Å². The standard InChI is InChI=1S/C10H16Br2N2/c1-8-10(12)9(2)14(13-8)7-5-3-4-6-11/h3-7H2,1-2H3. The maximum atomic E-state index is 4.47. The number of hydrogen-bond acceptors (Lipinski definition) is 1. The predicted molar refractivity (Wildman–Crippen MR) is 67.0 cm³/mol. The zero-order valence-corrected chi connectivity index (χ0v) is 11.9. The van der Waals surface area contributed by atoms with Crippen LogP contribution in [-0.4, -0.2) is 15.1 Å². The molecule has 0 aliphatic carbocycles. The summed E-state index contributed by atoms with van der Waals surface area (Å²) in [4.78, 5) is 0. The van der Waals surface area contributed by atoms with E-state index in [1.807, 2.05) is 6.92 Å². The van der Waals surface area contributed by atoms with Crippen LogP contribution in [0, 0.1) is 13.8 Å². The SMILES string of the molecule is Cc1nn(CCCCCBr)c(C)c1Br. The third-order valence-electron chi connectivity index (χ3n) is 2.30. The quantitative estimate of drug-likeness (QED) is 0.595. The van der Waals surface area contributed by atoms with Crippen molar-refractivity contribution < 1.29 is 0 Å². The first-order valence-corrected chi connectivity index (χ1v) is 6.83. The largest absolute Gasteiger partial charge is 0.268 e. The van der Waals surface area contributed by atoms with Crippen molar-refractivity contribution in [3.05, 3.63) is 15.9 Å². The lowest BCUT2D eigenvalue weighted by Gasteiger charge is -2.03. The molecule has 0 unspecified atom stereocenters. The predicted octanol–water partition coefficient (Wildman–Crippen LogP) is 3.83. The molecule has 0 N–H and O–H groups in total. The van der Waals surface area contributed by atoms with Crippen molar-refractivity contribution in [3.63, 3.8) is 0 Å². The number of aromatic nitrogens is 2. The van der Waals surface area contributed by atoms with E-state index in [0.29, 0.717) is 0 Å². The highest BCUT2D eigenvalue weighted by Crippen LogP contribution is 2.20. The van der Waals surface area contributed by atoms with Crippen molar-refractivity contribution in [3.8, 4) is 0 Å². The second kappa shape index (κ2) is 5.91. The molecule has 0 radical (unpaired) electrons. The zero-order valence-electron chi connectivity index (χ0n) is 8.69. The highest BCUT2D eigenvalue weighted by Gasteiger charge is 2.07. The molecule has 1 aromatic rings. The van der Waals surface area contributed by atoms with Crippen LogP contribution in [0.15, 0.2) is 4.47 Å². The molecule has 1 aromatic heterocycles. The molecule has 0 spiro atoms. The minimum atomic E-state index is 1.03. The smallest absolute Gasteiger partial charge is 0.0738 e. The van der Waals surface area contributed by atoms with Gasteiger partial charge in [-0.1, -0.05) is 22.4 Å². The normalized spacial score (nSPS) is 10.9. The van der Waals surface area contributed by atoms with E-state index in [4.69, 9.17) is 0 Å². The molecule has 14 heavy (non-hydrogen) atoms. The Bertz CT molecular complexity index is 295. The molecule has 2 nitrogen and oxygen atoms in total. The Kier molecular flexibility index (Phi) is 5.17. The summed E-state index contributed by atoms with van der Waals surface area (Å²) in [5.41, 5.74) is 2.32. The van der Waals surface area contributed by atoms with Gasteiger partial charge in [0.25, 0.3) is 0 Å². The lowest BCUT2D eigenvalue weighted by molar-refractivity contribution is 0.541. The third-order valence-corrected chi connectivity index (χ3v) is 4.01. The average molecular weight is 324 g/mol. The lowest BCUT2D eigenvalue weighted by Crippen LogP contribution is -2.02. The van der Waals surface area contributed by atoms with E-state index >= 15 is 0 Å². The van der Waals surface area contributed by atoms with Gasteiger partial charge in [-0.25, -0.2) is 0 Å². The molecule has 80 valence electrons. The molecule has 0 atom stereocenters. The number of alkyl halides is 1. The van der Waals surface area contributed by atoms with Crippen LogP contribution in [0.2, 0.25) is 0 Å². The van der Waals surface area contributed by atoms with Crippen molar-refractivity contribution in [2.24, 2.45) is 0 Å². The molecule has 1 rings (SSSR count). The number of aryl methyl sites for hydroxylation is 2. The summed E-state index contributed by atoms with van der Waals surface area (Å²) in [5, 5.41) is 5.57. The van der Waals surface area contributed by atoms with Gasteiger partial charge in [-0.2, -0.15) is 5.10 Å². The second-order valence-corrected chi connectivity index (χ2v) is 5.04. The fraction of sp³-hybridized carbons (Fsp3) is 0.700. The van der Waals surface area contributed by atoms with Gasteiger partial charge in [0.15, 0.2) is 0 Å². The number of unbranched alkanes of at least 4 members (excludes halogenated alkanes) is 2. The van der Waals surface area contributed by atoms with Gasteiger partial charge in [0.1, 0.15) is 0 Å². The fourth-order valence-corrected chi connectivity index (χ4v) is 2.11. The Morgan fingerprint density at radius 2 is 1.93 bits per heavy atom. The molecule has 0 aliphatic heterocycles. The molecule has 0 bridgehead atoms. The van der Waals surface area contributed by atoms with Crippen molar-refractivity contribution in [1.29, 1.82) is 0 Å². The summed E-state index contributed by atoms with van der Waals surface area (Å²) < 4.78 is 3.24. The summed E-state index contributed by atoms with van der Waals surface area (Å²) in [5.74, 6) is 0. The van der Waals surface area contributed by atoms with Crippen LogP contribution in [0.3, 0.4) is 0 Å². The Labute approximate surface area is 102 Å². The first kappa shape index (κ1) is 12.2. The van der Waals surface area contributed by atoms with Gasteiger partial charge in [0.2, 0.25) is 0 Å². The monoisotopic (exact) mass is 322 g/mol. The number of rotatable bonds is 5. The summed E-state index contributed by atoms with van der Waals surface area (Å²) >= 11 is 6.97. The minimum Gasteiger partial charge on any atom is -0.268 e. The van der Waals surface area contributed by atoms with Gasteiger partial charge in [-0.3, -0.25) is 4.68 Å². The highest BCUT2D eigenvalue weighted by atomic mass is 79.9. The van der Waals surface area contributed by atoms with Crippen LogP contribution in [0.5, 0.6) is 0 Å². The molecule has 4 heteroatoms. The molecule has 0 amide bonds. The van der Waals surface area contributed by atoms with E-state index < -0.39 is 0 Å². The maximum Gasteiger partial charge on any atom is 0.0738 e. The average Bonchev–Trinajstić information content (AvgIpc) is 2.41. The lowest BCUT2D eigenvalue weighted by atomic mass is 10.2. The maximum absolute atomic E-state index is 4.47. The fourth-order valence-electron chi connectivity index (χ4n) is 1.43. The van der Waals surface area contributed by atoms with E-state index in [9.17, 15) is 0 Å². The van der Waals surface area contributed by atoms with Crippen LogP contribution in [0.25, 0.3) is 0 Å². The van der Waals surface area contributed by atoms with Gasteiger partial charge < -0.3 is 0 Å². The molecule has 1 heterocycles. The van der Waals surface area contributed by atoms with Crippen molar-refractivity contribution in [1.82, 2.24) is 9.78 Å². The Morgan fingerprint density at radius 3 is 2.43 bits per heavy atom. The molecule has 0 aliphatic rings. The number of halogens is 2. The Balaban J connectivity index is 2.47. The van der Waals surface area contributed by atoms with E-state index in [1.54, 1.807) is 0 Å². The molecule has 0 saturated heterocycles. The van der Waals surface area contributed by atoms with E-state index in [2.05, 4.69) is 48.6 Å². The van der Waals surface area contributed by atoms with E-state index in [1.165, 1.54) is 25.0 Å². The summed E-state index contributed by atoms with van der Waals surface area (Å²) in [6.45, 7) is 5.17. The molecule has 0 saturated carbocycles. The highest BCUT2D eigenvalue weighted by molar-refractivity contribution is 9.10. The third kappa shape index (κ3) is 3.09. The first-order chi connectivity index (χ1) is 6.66. The van der Waals surface area contributed by atoms with Crippen molar-refractivity contribution in [2.45, 2.75) is 39.7 Å². The molecular formula is C10H16Br2N2. The molecule has 0 aromatic carbocycles. The van der Waals surface area contributed by atoms with Crippen LogP contribution < -0.4 is 0 Å². The zero-order chi connectivity index (χ0) is 10.6. The summed E-state index contributed by atoms with van der Waals surface area (Å²) in [6, 6.07) is 0.